The molecule has 0 spiro atoms. The van der Waals surface area contributed by atoms with E-state index in [1.54, 1.807) is 6.07 Å². The molecule has 3 aromatic carbocycles. The molecule has 0 aliphatic rings. The lowest BCUT2D eigenvalue weighted by Gasteiger charge is -2.01. The third-order valence-electron chi connectivity index (χ3n) is 3.52. The molecule has 4 heteroatoms. The van der Waals surface area contributed by atoms with E-state index in [0.717, 1.165) is 32.1 Å². The van der Waals surface area contributed by atoms with Gasteiger partial charge in [0.15, 0.2) is 0 Å². The topological polar surface area (TPSA) is 28.7 Å². The summed E-state index contributed by atoms with van der Waals surface area (Å²) in [4.78, 5) is 7.69. The minimum atomic E-state index is -0.263. The van der Waals surface area contributed by atoms with Crippen LogP contribution in [0.3, 0.4) is 0 Å². The first kappa shape index (κ1) is 12.5. The number of fused-ring (bicyclic) bond motifs is 2. The number of rotatable bonds is 1. The highest BCUT2D eigenvalue weighted by Gasteiger charge is 2.07. The summed E-state index contributed by atoms with van der Waals surface area (Å²) in [6, 6.07) is 16.9. The number of aromatic amines is 1. The van der Waals surface area contributed by atoms with Crippen molar-refractivity contribution in [2.75, 3.05) is 0 Å². The maximum absolute atomic E-state index is 13.2. The Morgan fingerprint density at radius 3 is 2.62 bits per heavy atom. The first-order valence-corrected chi connectivity index (χ1v) is 7.33. The van der Waals surface area contributed by atoms with Crippen LogP contribution in [0.1, 0.15) is 0 Å². The molecule has 0 fully saturated rings. The maximum atomic E-state index is 13.2. The van der Waals surface area contributed by atoms with E-state index in [0.29, 0.717) is 5.52 Å². The number of nitrogens with zero attached hydrogens (tertiary/aromatic N) is 1. The van der Waals surface area contributed by atoms with E-state index in [1.165, 1.54) is 12.1 Å². The molecule has 0 saturated heterocycles. The van der Waals surface area contributed by atoms with Gasteiger partial charge in [0.2, 0.25) is 0 Å². The van der Waals surface area contributed by atoms with Gasteiger partial charge in [0.25, 0.3) is 0 Å². The highest BCUT2D eigenvalue weighted by Crippen LogP contribution is 2.26. The first-order chi connectivity index (χ1) is 10.2. The minimum Gasteiger partial charge on any atom is -0.338 e. The molecule has 0 bridgehead atoms. The molecule has 0 radical (unpaired) electrons. The largest absolute Gasteiger partial charge is 0.338 e. The lowest BCUT2D eigenvalue weighted by molar-refractivity contribution is 0.629. The van der Waals surface area contributed by atoms with Crippen LogP contribution in [0.25, 0.3) is 33.2 Å². The second-order valence-electron chi connectivity index (χ2n) is 4.95. The third-order valence-corrected chi connectivity index (χ3v) is 4.01. The van der Waals surface area contributed by atoms with E-state index in [2.05, 4.69) is 50.2 Å². The minimum absolute atomic E-state index is 0.263. The second-order valence-corrected chi connectivity index (χ2v) is 5.87. The summed E-state index contributed by atoms with van der Waals surface area (Å²) < 4.78 is 14.3. The fourth-order valence-corrected chi connectivity index (χ4v) is 2.86. The first-order valence-electron chi connectivity index (χ1n) is 6.54. The predicted octanol–water partition coefficient (Wildman–Crippen LogP) is 5.28. The van der Waals surface area contributed by atoms with E-state index in [9.17, 15) is 4.39 Å². The van der Waals surface area contributed by atoms with Gasteiger partial charge < -0.3 is 4.98 Å². The fourth-order valence-electron chi connectivity index (χ4n) is 2.48. The SMILES string of the molecule is Fc1ccc2nc(-c3ccc4cc(Br)ccc4c3)[nH]c2c1. The molecular weight excluding hydrogens is 331 g/mol. The van der Waals surface area contributed by atoms with E-state index < -0.39 is 0 Å². The Kier molecular flexibility index (Phi) is 2.79. The van der Waals surface area contributed by atoms with Crippen LogP contribution < -0.4 is 0 Å². The van der Waals surface area contributed by atoms with Gasteiger partial charge in [0.1, 0.15) is 11.6 Å². The van der Waals surface area contributed by atoms with E-state index in [1.807, 2.05) is 12.1 Å². The molecule has 0 aliphatic heterocycles. The average molecular weight is 341 g/mol. The van der Waals surface area contributed by atoms with Crippen LogP contribution in [-0.2, 0) is 0 Å². The van der Waals surface area contributed by atoms with Gasteiger partial charge in [-0.1, -0.05) is 34.1 Å². The number of hydrogen-bond donors (Lipinski definition) is 1. The van der Waals surface area contributed by atoms with Crippen molar-refractivity contribution in [2.24, 2.45) is 0 Å². The van der Waals surface area contributed by atoms with Crippen LogP contribution in [0.15, 0.2) is 59.1 Å². The highest BCUT2D eigenvalue weighted by molar-refractivity contribution is 9.10. The van der Waals surface area contributed by atoms with Crippen LogP contribution in [0, 0.1) is 5.82 Å². The second kappa shape index (κ2) is 4.67. The monoisotopic (exact) mass is 340 g/mol. The molecule has 0 amide bonds. The summed E-state index contributed by atoms with van der Waals surface area (Å²) in [6.45, 7) is 0. The molecule has 0 saturated carbocycles. The van der Waals surface area contributed by atoms with Crippen molar-refractivity contribution in [3.63, 3.8) is 0 Å². The fraction of sp³-hybridized carbons (Fsp3) is 0. The van der Waals surface area contributed by atoms with Gasteiger partial charge in [0.05, 0.1) is 11.0 Å². The average Bonchev–Trinajstić information content (AvgIpc) is 2.89. The van der Waals surface area contributed by atoms with Gasteiger partial charge in [-0.3, -0.25) is 0 Å². The summed E-state index contributed by atoms with van der Waals surface area (Å²) in [5.41, 5.74) is 2.46. The smallest absolute Gasteiger partial charge is 0.138 e. The number of halogens is 2. The standard InChI is InChI=1S/C17H10BrFN2/c18-13-4-3-10-7-12(2-1-11(10)8-13)17-20-15-6-5-14(19)9-16(15)21-17/h1-9H,(H,20,21). The van der Waals surface area contributed by atoms with E-state index in [-0.39, 0.29) is 5.82 Å². The highest BCUT2D eigenvalue weighted by atomic mass is 79.9. The lowest BCUT2D eigenvalue weighted by Crippen LogP contribution is -1.81. The third kappa shape index (κ3) is 2.21. The van der Waals surface area contributed by atoms with Crippen LogP contribution in [0.4, 0.5) is 4.39 Å². The molecule has 0 atom stereocenters. The van der Waals surface area contributed by atoms with Gasteiger partial charge in [0, 0.05) is 10.0 Å². The van der Waals surface area contributed by atoms with Crippen molar-refractivity contribution < 1.29 is 4.39 Å². The van der Waals surface area contributed by atoms with Crippen molar-refractivity contribution in [2.45, 2.75) is 0 Å². The normalized spacial score (nSPS) is 11.3. The van der Waals surface area contributed by atoms with Gasteiger partial charge in [-0.15, -0.1) is 0 Å². The molecule has 1 N–H and O–H groups in total. The molecule has 1 aromatic heterocycles. The number of H-pyrrole nitrogens is 1. The Balaban J connectivity index is 1.89. The molecule has 4 aromatic rings. The van der Waals surface area contributed by atoms with Gasteiger partial charge in [-0.05, 0) is 47.2 Å². The van der Waals surface area contributed by atoms with Gasteiger partial charge >= 0.3 is 0 Å². The lowest BCUT2D eigenvalue weighted by atomic mass is 10.1. The molecule has 1 heterocycles. The van der Waals surface area contributed by atoms with Gasteiger partial charge in [-0.2, -0.15) is 0 Å². The Labute approximate surface area is 128 Å². The summed E-state index contributed by atoms with van der Waals surface area (Å²) >= 11 is 3.47. The van der Waals surface area contributed by atoms with Gasteiger partial charge in [-0.25, -0.2) is 9.37 Å². The zero-order valence-corrected chi connectivity index (χ0v) is 12.5. The summed E-state index contributed by atoms with van der Waals surface area (Å²) in [7, 11) is 0. The Morgan fingerprint density at radius 1 is 0.905 bits per heavy atom. The van der Waals surface area contributed by atoms with E-state index >= 15 is 0 Å². The summed E-state index contributed by atoms with van der Waals surface area (Å²) in [6.07, 6.45) is 0. The van der Waals surface area contributed by atoms with Crippen molar-refractivity contribution in [3.8, 4) is 11.4 Å². The molecule has 0 aliphatic carbocycles. The number of hydrogen-bond acceptors (Lipinski definition) is 1. The summed E-state index contributed by atoms with van der Waals surface area (Å²) in [5, 5.41) is 2.30. The van der Waals surface area contributed by atoms with Crippen molar-refractivity contribution in [1.29, 1.82) is 0 Å². The molecule has 4 rings (SSSR count). The molecule has 2 nitrogen and oxygen atoms in total. The van der Waals surface area contributed by atoms with E-state index in [4.69, 9.17) is 0 Å². The number of imidazole rings is 1. The van der Waals surface area contributed by atoms with Crippen molar-refractivity contribution in [3.05, 3.63) is 64.9 Å². The van der Waals surface area contributed by atoms with Crippen LogP contribution in [0.2, 0.25) is 0 Å². The van der Waals surface area contributed by atoms with Crippen LogP contribution >= 0.6 is 15.9 Å². The maximum Gasteiger partial charge on any atom is 0.138 e. The Hall–Kier alpha value is -2.20. The zero-order chi connectivity index (χ0) is 14.4. The van der Waals surface area contributed by atoms with Crippen molar-refractivity contribution in [1.82, 2.24) is 9.97 Å². The van der Waals surface area contributed by atoms with Crippen LogP contribution in [-0.4, -0.2) is 9.97 Å². The number of aromatic nitrogens is 2. The molecule has 0 unspecified atom stereocenters. The molecular formula is C17H10BrFN2. The number of nitrogens with one attached hydrogen (secondary N) is 1. The molecule has 102 valence electrons. The number of benzene rings is 3. The Bertz CT molecular complexity index is 975. The molecule has 21 heavy (non-hydrogen) atoms. The van der Waals surface area contributed by atoms with Crippen LogP contribution in [0.5, 0.6) is 0 Å². The van der Waals surface area contributed by atoms with Crippen molar-refractivity contribution >= 4 is 37.7 Å². The quantitative estimate of drug-likeness (QED) is 0.501. The summed E-state index contributed by atoms with van der Waals surface area (Å²) in [5.74, 6) is 0.487. The Morgan fingerprint density at radius 2 is 1.71 bits per heavy atom. The predicted molar refractivity (Wildman–Crippen MR) is 86.7 cm³/mol. The zero-order valence-electron chi connectivity index (χ0n) is 10.9.